The van der Waals surface area contributed by atoms with Gasteiger partial charge in [0, 0.05) is 13.6 Å². The van der Waals surface area contributed by atoms with Gasteiger partial charge in [-0.1, -0.05) is 25.1 Å². The molecule has 0 saturated heterocycles. The topological polar surface area (TPSA) is 79.3 Å². The van der Waals surface area contributed by atoms with E-state index in [2.05, 4.69) is 0 Å². The quantitative estimate of drug-likeness (QED) is 0.674. The Hall–Kier alpha value is -3.32. The lowest BCUT2D eigenvalue weighted by atomic mass is 10.0. The van der Waals surface area contributed by atoms with Gasteiger partial charge in [0.15, 0.2) is 11.5 Å². The SMILES string of the molecule is CCc1ccc(N2C(=O)C(c3ccc(OC)c(OC)c3)=C(N(C)CCO)C2=O)cc1. The fourth-order valence-electron chi connectivity index (χ4n) is 3.50. The number of hydrogen-bond donors (Lipinski definition) is 1. The minimum Gasteiger partial charge on any atom is -0.493 e. The Morgan fingerprint density at radius 1 is 0.967 bits per heavy atom. The van der Waals surface area contributed by atoms with Crippen LogP contribution in [0.5, 0.6) is 11.5 Å². The van der Waals surface area contributed by atoms with Crippen molar-refractivity contribution in [3.05, 3.63) is 59.3 Å². The molecule has 0 atom stereocenters. The highest BCUT2D eigenvalue weighted by molar-refractivity contribution is 6.45. The number of anilines is 1. The molecule has 2 aromatic carbocycles. The van der Waals surface area contributed by atoms with Crippen molar-refractivity contribution < 1.29 is 24.2 Å². The number of carbonyl (C=O) groups excluding carboxylic acids is 2. The number of ether oxygens (including phenoxy) is 2. The standard InChI is InChI=1S/C23H26N2O5/c1-5-15-6-9-17(10-7-15)25-22(27)20(21(23(25)28)24(2)12-13-26)16-8-11-18(29-3)19(14-16)30-4/h6-11,14,26H,5,12-13H2,1-4H3. The Balaban J connectivity index is 2.12. The number of likely N-dealkylation sites (N-methyl/N-ethyl adjacent to an activating group) is 1. The highest BCUT2D eigenvalue weighted by atomic mass is 16.5. The monoisotopic (exact) mass is 410 g/mol. The van der Waals surface area contributed by atoms with Crippen molar-refractivity contribution in [3.63, 3.8) is 0 Å². The van der Waals surface area contributed by atoms with Crippen LogP contribution in [0.3, 0.4) is 0 Å². The van der Waals surface area contributed by atoms with Crippen LogP contribution in [-0.2, 0) is 16.0 Å². The molecule has 0 aromatic heterocycles. The Morgan fingerprint density at radius 2 is 1.63 bits per heavy atom. The van der Waals surface area contributed by atoms with Crippen LogP contribution < -0.4 is 14.4 Å². The summed E-state index contributed by atoms with van der Waals surface area (Å²) in [5, 5.41) is 9.39. The van der Waals surface area contributed by atoms with Crippen LogP contribution in [0.25, 0.3) is 5.57 Å². The molecule has 1 N–H and O–H groups in total. The molecule has 30 heavy (non-hydrogen) atoms. The van der Waals surface area contributed by atoms with Gasteiger partial charge >= 0.3 is 0 Å². The van der Waals surface area contributed by atoms with E-state index in [1.165, 1.54) is 19.1 Å². The van der Waals surface area contributed by atoms with E-state index in [1.54, 1.807) is 42.3 Å². The summed E-state index contributed by atoms with van der Waals surface area (Å²) in [4.78, 5) is 29.5. The molecule has 0 bridgehead atoms. The zero-order valence-electron chi connectivity index (χ0n) is 17.6. The second-order valence-corrected chi connectivity index (χ2v) is 6.90. The van der Waals surface area contributed by atoms with Crippen LogP contribution >= 0.6 is 0 Å². The van der Waals surface area contributed by atoms with Crippen LogP contribution in [0.15, 0.2) is 48.2 Å². The van der Waals surface area contributed by atoms with Gasteiger partial charge in [-0.3, -0.25) is 9.59 Å². The third-order valence-corrected chi connectivity index (χ3v) is 5.15. The molecular formula is C23H26N2O5. The van der Waals surface area contributed by atoms with Gasteiger partial charge in [0.05, 0.1) is 32.1 Å². The predicted molar refractivity (Wildman–Crippen MR) is 114 cm³/mol. The minimum absolute atomic E-state index is 0.147. The Labute approximate surface area is 176 Å². The van der Waals surface area contributed by atoms with Crippen molar-refractivity contribution in [2.24, 2.45) is 0 Å². The summed E-state index contributed by atoms with van der Waals surface area (Å²) in [6.45, 7) is 2.11. The van der Waals surface area contributed by atoms with Crippen LogP contribution in [0.1, 0.15) is 18.1 Å². The number of hydrogen-bond acceptors (Lipinski definition) is 6. The van der Waals surface area contributed by atoms with E-state index in [4.69, 9.17) is 9.47 Å². The van der Waals surface area contributed by atoms with Gasteiger partial charge < -0.3 is 19.5 Å². The molecule has 0 aliphatic carbocycles. The molecule has 7 nitrogen and oxygen atoms in total. The predicted octanol–water partition coefficient (Wildman–Crippen LogP) is 2.47. The van der Waals surface area contributed by atoms with Crippen LogP contribution in [0.4, 0.5) is 5.69 Å². The van der Waals surface area contributed by atoms with Gasteiger partial charge in [0.25, 0.3) is 11.8 Å². The smallest absolute Gasteiger partial charge is 0.282 e. The van der Waals surface area contributed by atoms with Gasteiger partial charge in [-0.2, -0.15) is 0 Å². The average Bonchev–Trinajstić information content (AvgIpc) is 3.03. The number of benzene rings is 2. The second-order valence-electron chi connectivity index (χ2n) is 6.90. The van der Waals surface area contributed by atoms with Crippen molar-refractivity contribution in [1.82, 2.24) is 4.90 Å². The van der Waals surface area contributed by atoms with Crippen LogP contribution in [-0.4, -0.2) is 56.2 Å². The molecule has 0 spiro atoms. The maximum atomic E-state index is 13.4. The summed E-state index contributed by atoms with van der Waals surface area (Å²) in [5.41, 5.74) is 2.66. The number of carbonyl (C=O) groups is 2. The highest BCUT2D eigenvalue weighted by Crippen LogP contribution is 2.37. The molecular weight excluding hydrogens is 384 g/mol. The van der Waals surface area contributed by atoms with Crippen molar-refractivity contribution >= 4 is 23.1 Å². The molecule has 0 saturated carbocycles. The highest BCUT2D eigenvalue weighted by Gasteiger charge is 2.41. The fourth-order valence-corrected chi connectivity index (χ4v) is 3.50. The summed E-state index contributed by atoms with van der Waals surface area (Å²) < 4.78 is 10.6. The number of amides is 2. The molecule has 2 amide bonds. The zero-order valence-corrected chi connectivity index (χ0v) is 17.6. The lowest BCUT2D eigenvalue weighted by Crippen LogP contribution is -2.34. The van der Waals surface area contributed by atoms with Crippen LogP contribution in [0.2, 0.25) is 0 Å². The van der Waals surface area contributed by atoms with Gasteiger partial charge in [-0.25, -0.2) is 4.90 Å². The van der Waals surface area contributed by atoms with Crippen LogP contribution in [0, 0.1) is 0 Å². The fraction of sp³-hybridized carbons (Fsp3) is 0.304. The largest absolute Gasteiger partial charge is 0.493 e. The van der Waals surface area contributed by atoms with Gasteiger partial charge in [0.2, 0.25) is 0 Å². The summed E-state index contributed by atoms with van der Waals surface area (Å²) in [7, 11) is 4.72. The molecule has 0 radical (unpaired) electrons. The molecule has 1 aliphatic heterocycles. The molecule has 3 rings (SSSR count). The van der Waals surface area contributed by atoms with Gasteiger partial charge in [-0.15, -0.1) is 0 Å². The Morgan fingerprint density at radius 3 is 2.20 bits per heavy atom. The zero-order chi connectivity index (χ0) is 21.8. The Bertz CT molecular complexity index is 982. The van der Waals surface area contributed by atoms with Crippen molar-refractivity contribution in [2.75, 3.05) is 39.3 Å². The van der Waals surface area contributed by atoms with Crippen molar-refractivity contribution in [2.45, 2.75) is 13.3 Å². The van der Waals surface area contributed by atoms with E-state index >= 15 is 0 Å². The average molecular weight is 410 g/mol. The lowest BCUT2D eigenvalue weighted by Gasteiger charge is -2.20. The molecule has 158 valence electrons. The number of methoxy groups -OCH3 is 2. The van der Waals surface area contributed by atoms with E-state index in [0.717, 1.165) is 12.0 Å². The number of aliphatic hydroxyl groups excluding tert-OH is 1. The van der Waals surface area contributed by atoms with E-state index in [9.17, 15) is 14.7 Å². The minimum atomic E-state index is -0.426. The van der Waals surface area contributed by atoms with E-state index in [0.29, 0.717) is 22.7 Å². The first-order chi connectivity index (χ1) is 14.5. The van der Waals surface area contributed by atoms with Gasteiger partial charge in [0.1, 0.15) is 5.70 Å². The molecule has 1 heterocycles. The van der Waals surface area contributed by atoms with E-state index < -0.39 is 11.8 Å². The third kappa shape index (κ3) is 3.76. The second kappa shape index (κ2) is 9.00. The maximum absolute atomic E-state index is 13.4. The summed E-state index contributed by atoms with van der Waals surface area (Å²) in [6, 6.07) is 12.4. The summed E-state index contributed by atoms with van der Waals surface area (Å²) in [5.74, 6) is 0.134. The normalized spacial score (nSPS) is 13.8. The molecule has 2 aromatic rings. The summed E-state index contributed by atoms with van der Waals surface area (Å²) >= 11 is 0. The Kier molecular flexibility index (Phi) is 6.42. The van der Waals surface area contributed by atoms with Crippen molar-refractivity contribution in [3.8, 4) is 11.5 Å². The lowest BCUT2D eigenvalue weighted by molar-refractivity contribution is -0.120. The number of rotatable bonds is 8. The van der Waals surface area contributed by atoms with E-state index in [-0.39, 0.29) is 24.4 Å². The first-order valence-electron chi connectivity index (χ1n) is 9.73. The maximum Gasteiger partial charge on any atom is 0.282 e. The summed E-state index contributed by atoms with van der Waals surface area (Å²) in [6.07, 6.45) is 0.863. The van der Waals surface area contributed by atoms with Crippen molar-refractivity contribution in [1.29, 1.82) is 0 Å². The molecule has 1 aliphatic rings. The number of imide groups is 1. The van der Waals surface area contributed by atoms with E-state index in [1.807, 2.05) is 19.1 Å². The number of aryl methyl sites for hydroxylation is 1. The number of aliphatic hydroxyl groups is 1. The molecule has 0 unspecified atom stereocenters. The molecule has 7 heteroatoms. The third-order valence-electron chi connectivity index (χ3n) is 5.15. The first-order valence-corrected chi connectivity index (χ1v) is 9.73. The molecule has 0 fully saturated rings. The number of nitrogens with zero attached hydrogens (tertiary/aromatic N) is 2. The van der Waals surface area contributed by atoms with Gasteiger partial charge in [-0.05, 0) is 41.8 Å². The first kappa shape index (κ1) is 21.4.